The van der Waals surface area contributed by atoms with Crippen LogP contribution in [-0.2, 0) is 0 Å². The van der Waals surface area contributed by atoms with E-state index in [1.54, 1.807) is 48.5 Å². The number of aryl methyl sites for hydroxylation is 1. The second-order valence-electron chi connectivity index (χ2n) is 6.92. The standard InChI is InChI=1S/C24H18ClFN4O/c1-15-5-10-20(12-21(15)25)30-24(31)17-3-2-4-19(11-17)29-23-13-22(27-14-28-23)16-6-8-18(26)9-7-16/h2-14H,1H3,(H,30,31)(H,27,28,29). The number of hydrogen-bond donors (Lipinski definition) is 2. The third-order valence-corrected chi connectivity index (χ3v) is 5.04. The van der Waals surface area contributed by atoms with Crippen molar-refractivity contribution in [1.29, 1.82) is 0 Å². The summed E-state index contributed by atoms with van der Waals surface area (Å²) in [5.41, 5.74) is 4.17. The Hall–Kier alpha value is -3.77. The lowest BCUT2D eigenvalue weighted by molar-refractivity contribution is 0.102. The number of amides is 1. The van der Waals surface area contributed by atoms with Crippen LogP contribution in [-0.4, -0.2) is 15.9 Å². The number of halogens is 2. The van der Waals surface area contributed by atoms with Crippen LogP contribution in [0.3, 0.4) is 0 Å². The molecule has 0 aliphatic rings. The number of hydrogen-bond acceptors (Lipinski definition) is 4. The summed E-state index contributed by atoms with van der Waals surface area (Å²) in [7, 11) is 0. The van der Waals surface area contributed by atoms with E-state index < -0.39 is 0 Å². The average molecular weight is 433 g/mol. The largest absolute Gasteiger partial charge is 0.340 e. The molecule has 0 aliphatic carbocycles. The first-order chi connectivity index (χ1) is 15.0. The maximum absolute atomic E-state index is 13.2. The molecule has 1 amide bonds. The normalized spacial score (nSPS) is 10.5. The van der Waals surface area contributed by atoms with Gasteiger partial charge in [0.15, 0.2) is 0 Å². The van der Waals surface area contributed by atoms with Gasteiger partial charge in [0.05, 0.1) is 5.69 Å². The number of rotatable bonds is 5. The van der Waals surface area contributed by atoms with E-state index in [1.807, 2.05) is 19.1 Å². The van der Waals surface area contributed by atoms with Crippen molar-refractivity contribution >= 4 is 34.7 Å². The van der Waals surface area contributed by atoms with Crippen molar-refractivity contribution in [3.05, 3.63) is 101 Å². The summed E-state index contributed by atoms with van der Waals surface area (Å²) in [6.07, 6.45) is 1.43. The summed E-state index contributed by atoms with van der Waals surface area (Å²) in [5.74, 6) is -0.00499. The highest BCUT2D eigenvalue weighted by atomic mass is 35.5. The Kier molecular flexibility index (Phi) is 5.91. The zero-order valence-corrected chi connectivity index (χ0v) is 17.3. The van der Waals surface area contributed by atoms with Crippen molar-refractivity contribution in [1.82, 2.24) is 9.97 Å². The SMILES string of the molecule is Cc1ccc(NC(=O)c2cccc(Nc3cc(-c4ccc(F)cc4)ncn3)c2)cc1Cl. The van der Waals surface area contributed by atoms with E-state index in [9.17, 15) is 9.18 Å². The highest BCUT2D eigenvalue weighted by Crippen LogP contribution is 2.23. The second-order valence-corrected chi connectivity index (χ2v) is 7.33. The number of aromatic nitrogens is 2. The van der Waals surface area contributed by atoms with Gasteiger partial charge in [-0.3, -0.25) is 4.79 Å². The van der Waals surface area contributed by atoms with E-state index in [0.29, 0.717) is 33.5 Å². The van der Waals surface area contributed by atoms with Crippen LogP contribution in [0.15, 0.2) is 79.1 Å². The molecule has 7 heteroatoms. The maximum Gasteiger partial charge on any atom is 0.255 e. The van der Waals surface area contributed by atoms with E-state index in [4.69, 9.17) is 11.6 Å². The van der Waals surface area contributed by atoms with E-state index in [2.05, 4.69) is 20.6 Å². The first kappa shape index (κ1) is 20.5. The molecule has 0 bridgehead atoms. The fraction of sp³-hybridized carbons (Fsp3) is 0.0417. The van der Waals surface area contributed by atoms with Crippen LogP contribution in [0.1, 0.15) is 15.9 Å². The summed E-state index contributed by atoms with van der Waals surface area (Å²) in [6.45, 7) is 1.90. The molecule has 154 valence electrons. The number of anilines is 3. The van der Waals surface area contributed by atoms with E-state index >= 15 is 0 Å². The van der Waals surface area contributed by atoms with Crippen molar-refractivity contribution < 1.29 is 9.18 Å². The van der Waals surface area contributed by atoms with Gasteiger partial charge in [0.25, 0.3) is 5.91 Å². The Labute approximate surface area is 184 Å². The van der Waals surface area contributed by atoms with Crippen LogP contribution in [0.2, 0.25) is 5.02 Å². The summed E-state index contributed by atoms with van der Waals surface area (Å²) in [4.78, 5) is 21.1. The van der Waals surface area contributed by atoms with Gasteiger partial charge in [-0.2, -0.15) is 0 Å². The maximum atomic E-state index is 13.2. The van der Waals surface area contributed by atoms with Gasteiger partial charge >= 0.3 is 0 Å². The van der Waals surface area contributed by atoms with Crippen LogP contribution in [0, 0.1) is 12.7 Å². The first-order valence-corrected chi connectivity index (χ1v) is 9.88. The average Bonchev–Trinajstić information content (AvgIpc) is 2.77. The second kappa shape index (κ2) is 8.93. The fourth-order valence-electron chi connectivity index (χ4n) is 2.96. The predicted molar refractivity (Wildman–Crippen MR) is 121 cm³/mol. The lowest BCUT2D eigenvalue weighted by Gasteiger charge is -2.10. The van der Waals surface area contributed by atoms with Crippen LogP contribution in [0.4, 0.5) is 21.6 Å². The lowest BCUT2D eigenvalue weighted by atomic mass is 10.1. The summed E-state index contributed by atoms with van der Waals surface area (Å²) < 4.78 is 13.2. The molecule has 4 aromatic rings. The first-order valence-electron chi connectivity index (χ1n) is 9.50. The molecule has 1 aromatic heterocycles. The van der Waals surface area contributed by atoms with Gasteiger partial charge in [0.2, 0.25) is 0 Å². The Morgan fingerprint density at radius 3 is 2.52 bits per heavy atom. The van der Waals surface area contributed by atoms with Crippen molar-refractivity contribution in [2.75, 3.05) is 10.6 Å². The Balaban J connectivity index is 1.51. The molecule has 31 heavy (non-hydrogen) atoms. The van der Waals surface area contributed by atoms with Gasteiger partial charge in [-0.05, 0) is 67.1 Å². The van der Waals surface area contributed by atoms with Crippen molar-refractivity contribution in [2.24, 2.45) is 0 Å². The molecule has 2 N–H and O–H groups in total. The van der Waals surface area contributed by atoms with Crippen LogP contribution >= 0.6 is 11.6 Å². The summed E-state index contributed by atoms with van der Waals surface area (Å²) in [6, 6.07) is 20.3. The van der Waals surface area contributed by atoms with E-state index in [-0.39, 0.29) is 11.7 Å². The molecule has 0 unspecified atom stereocenters. The van der Waals surface area contributed by atoms with Crippen molar-refractivity contribution in [3.8, 4) is 11.3 Å². The minimum atomic E-state index is -0.306. The minimum absolute atomic E-state index is 0.252. The minimum Gasteiger partial charge on any atom is -0.340 e. The van der Waals surface area contributed by atoms with Gasteiger partial charge in [-0.1, -0.05) is 23.7 Å². The Bertz CT molecular complexity index is 1240. The molecule has 0 saturated carbocycles. The zero-order valence-electron chi connectivity index (χ0n) is 16.6. The number of carbonyl (C=O) groups is 1. The molecule has 0 saturated heterocycles. The highest BCUT2D eigenvalue weighted by Gasteiger charge is 2.09. The Morgan fingerprint density at radius 1 is 0.935 bits per heavy atom. The number of benzene rings is 3. The third kappa shape index (κ3) is 5.05. The van der Waals surface area contributed by atoms with Crippen molar-refractivity contribution in [3.63, 3.8) is 0 Å². The monoisotopic (exact) mass is 432 g/mol. The zero-order chi connectivity index (χ0) is 21.8. The van der Waals surface area contributed by atoms with Crippen LogP contribution in [0.5, 0.6) is 0 Å². The quantitative estimate of drug-likeness (QED) is 0.391. The number of nitrogens with one attached hydrogen (secondary N) is 2. The van der Waals surface area contributed by atoms with E-state index in [0.717, 1.165) is 11.1 Å². The fourth-order valence-corrected chi connectivity index (χ4v) is 3.14. The van der Waals surface area contributed by atoms with Crippen LogP contribution in [0.25, 0.3) is 11.3 Å². The summed E-state index contributed by atoms with van der Waals surface area (Å²) in [5, 5.41) is 6.61. The predicted octanol–water partition coefficient (Wildman–Crippen LogP) is 6.24. The highest BCUT2D eigenvalue weighted by molar-refractivity contribution is 6.31. The van der Waals surface area contributed by atoms with Crippen LogP contribution < -0.4 is 10.6 Å². The Morgan fingerprint density at radius 2 is 1.74 bits per heavy atom. The molecular weight excluding hydrogens is 415 g/mol. The molecule has 4 rings (SSSR count). The molecule has 0 aliphatic heterocycles. The molecule has 0 atom stereocenters. The van der Waals surface area contributed by atoms with Gasteiger partial charge < -0.3 is 10.6 Å². The topological polar surface area (TPSA) is 66.9 Å². The molecule has 0 spiro atoms. The van der Waals surface area contributed by atoms with Gasteiger partial charge in [0.1, 0.15) is 18.0 Å². The summed E-state index contributed by atoms with van der Waals surface area (Å²) >= 11 is 6.13. The molecule has 3 aromatic carbocycles. The van der Waals surface area contributed by atoms with E-state index in [1.165, 1.54) is 18.5 Å². The lowest BCUT2D eigenvalue weighted by Crippen LogP contribution is -2.12. The molecular formula is C24H18ClFN4O. The molecule has 0 fully saturated rings. The number of carbonyl (C=O) groups excluding carboxylic acids is 1. The molecule has 0 radical (unpaired) electrons. The third-order valence-electron chi connectivity index (χ3n) is 4.63. The van der Waals surface area contributed by atoms with Gasteiger partial charge in [-0.15, -0.1) is 0 Å². The van der Waals surface area contributed by atoms with Gasteiger partial charge in [0, 0.05) is 33.6 Å². The number of nitrogens with zero attached hydrogens (tertiary/aromatic N) is 2. The van der Waals surface area contributed by atoms with Gasteiger partial charge in [-0.25, -0.2) is 14.4 Å². The smallest absolute Gasteiger partial charge is 0.255 e. The molecule has 5 nitrogen and oxygen atoms in total. The molecule has 1 heterocycles. The van der Waals surface area contributed by atoms with Crippen molar-refractivity contribution in [2.45, 2.75) is 6.92 Å².